The van der Waals surface area contributed by atoms with Crippen molar-refractivity contribution in [2.24, 2.45) is 10.8 Å². The molecular formula is C18H22O4. The first-order valence-electron chi connectivity index (χ1n) is 7.67. The Labute approximate surface area is 130 Å². The Kier molecular flexibility index (Phi) is 2.97. The van der Waals surface area contributed by atoms with Gasteiger partial charge >= 0.3 is 11.9 Å². The Hall–Kier alpha value is -1.84. The van der Waals surface area contributed by atoms with E-state index in [0.29, 0.717) is 18.6 Å². The summed E-state index contributed by atoms with van der Waals surface area (Å²) in [6.07, 6.45) is 1.17. The number of ether oxygens (including phenoxy) is 2. The van der Waals surface area contributed by atoms with Crippen LogP contribution in [-0.4, -0.2) is 17.5 Å². The lowest BCUT2D eigenvalue weighted by atomic mass is 9.66. The number of fused-ring (bicyclic) bond motifs is 2. The number of carbonyl (C=O) groups excluding carboxylic acids is 2. The minimum absolute atomic E-state index is 0.291. The van der Waals surface area contributed by atoms with Crippen molar-refractivity contribution in [3.05, 3.63) is 29.3 Å². The molecule has 1 saturated heterocycles. The third kappa shape index (κ3) is 1.64. The van der Waals surface area contributed by atoms with Crippen LogP contribution in [0.15, 0.2) is 18.2 Å². The van der Waals surface area contributed by atoms with E-state index in [-0.39, 0.29) is 5.97 Å². The summed E-state index contributed by atoms with van der Waals surface area (Å²) in [4.78, 5) is 25.0. The standard InChI is InChI=1S/C18H22O4/c1-11-6-7-13(10-12(11)2)21-15(20)18-9-8-17(5,14(19)22-18)16(18,3)4/h6-7,10H,8-9H2,1-5H3/t17-,18+/m0/s1. The highest BCUT2D eigenvalue weighted by Crippen LogP contribution is 2.65. The average Bonchev–Trinajstić information content (AvgIpc) is 2.73. The number of aryl methyl sites for hydroxylation is 2. The minimum Gasteiger partial charge on any atom is -0.446 e. The first kappa shape index (κ1) is 15.1. The van der Waals surface area contributed by atoms with Gasteiger partial charge in [0.15, 0.2) is 0 Å². The number of esters is 2. The lowest BCUT2D eigenvalue weighted by Gasteiger charge is -2.34. The third-order valence-corrected chi connectivity index (χ3v) is 6.10. The van der Waals surface area contributed by atoms with Crippen LogP contribution >= 0.6 is 0 Å². The van der Waals surface area contributed by atoms with E-state index < -0.39 is 22.4 Å². The molecule has 1 heterocycles. The van der Waals surface area contributed by atoms with Gasteiger partial charge in [0.25, 0.3) is 0 Å². The summed E-state index contributed by atoms with van der Waals surface area (Å²) in [5, 5.41) is 0. The van der Waals surface area contributed by atoms with Crippen molar-refractivity contribution >= 4 is 11.9 Å². The molecule has 3 rings (SSSR count). The van der Waals surface area contributed by atoms with Crippen molar-refractivity contribution in [2.45, 2.75) is 53.1 Å². The lowest BCUT2D eigenvalue weighted by molar-refractivity contribution is -0.176. The fourth-order valence-corrected chi connectivity index (χ4v) is 3.67. The molecule has 2 atom stereocenters. The van der Waals surface area contributed by atoms with Crippen LogP contribution in [0.1, 0.15) is 44.7 Å². The van der Waals surface area contributed by atoms with Gasteiger partial charge in [0.05, 0.1) is 5.41 Å². The molecule has 0 N–H and O–H groups in total. The first-order valence-corrected chi connectivity index (χ1v) is 7.67. The Morgan fingerprint density at radius 1 is 1.14 bits per heavy atom. The van der Waals surface area contributed by atoms with Crippen LogP contribution in [-0.2, 0) is 14.3 Å². The van der Waals surface area contributed by atoms with Crippen molar-refractivity contribution in [3.63, 3.8) is 0 Å². The van der Waals surface area contributed by atoms with Crippen molar-refractivity contribution < 1.29 is 19.1 Å². The van der Waals surface area contributed by atoms with Gasteiger partial charge in [-0.2, -0.15) is 0 Å². The maximum atomic E-state index is 12.8. The van der Waals surface area contributed by atoms with Gasteiger partial charge in [-0.05, 0) is 56.9 Å². The van der Waals surface area contributed by atoms with Crippen LogP contribution in [0.5, 0.6) is 5.75 Å². The van der Waals surface area contributed by atoms with E-state index in [2.05, 4.69) is 0 Å². The van der Waals surface area contributed by atoms with Gasteiger partial charge in [0.2, 0.25) is 5.60 Å². The largest absolute Gasteiger partial charge is 0.446 e. The van der Waals surface area contributed by atoms with E-state index in [1.54, 1.807) is 6.07 Å². The lowest BCUT2D eigenvalue weighted by Crippen LogP contribution is -2.50. The Balaban J connectivity index is 1.92. The summed E-state index contributed by atoms with van der Waals surface area (Å²) >= 11 is 0. The molecular weight excluding hydrogens is 280 g/mol. The van der Waals surface area contributed by atoms with E-state index in [0.717, 1.165) is 11.1 Å². The molecule has 0 spiro atoms. The molecule has 0 radical (unpaired) electrons. The summed E-state index contributed by atoms with van der Waals surface area (Å²) in [5.74, 6) is -0.258. The van der Waals surface area contributed by atoms with Crippen molar-refractivity contribution in [3.8, 4) is 5.75 Å². The highest BCUT2D eigenvalue weighted by Gasteiger charge is 2.76. The van der Waals surface area contributed by atoms with E-state index >= 15 is 0 Å². The molecule has 0 unspecified atom stereocenters. The summed E-state index contributed by atoms with van der Waals surface area (Å²) in [6.45, 7) is 9.70. The molecule has 2 fully saturated rings. The van der Waals surface area contributed by atoms with Gasteiger partial charge in [-0.25, -0.2) is 4.79 Å². The fourth-order valence-electron chi connectivity index (χ4n) is 3.67. The molecule has 22 heavy (non-hydrogen) atoms. The van der Waals surface area contributed by atoms with Crippen molar-refractivity contribution in [2.75, 3.05) is 0 Å². The van der Waals surface area contributed by atoms with Gasteiger partial charge in [-0.15, -0.1) is 0 Å². The quantitative estimate of drug-likeness (QED) is 0.621. The van der Waals surface area contributed by atoms with Crippen LogP contribution in [0.2, 0.25) is 0 Å². The molecule has 118 valence electrons. The Bertz CT molecular complexity index is 676. The predicted molar refractivity (Wildman–Crippen MR) is 81.5 cm³/mol. The SMILES string of the molecule is Cc1ccc(OC(=O)[C@@]23CC[C@@](C)(C(=O)O2)C3(C)C)cc1C. The monoisotopic (exact) mass is 302 g/mol. The van der Waals surface area contributed by atoms with Crippen LogP contribution in [0.3, 0.4) is 0 Å². The van der Waals surface area contributed by atoms with E-state index in [9.17, 15) is 9.59 Å². The molecule has 0 amide bonds. The highest BCUT2D eigenvalue weighted by atomic mass is 16.6. The summed E-state index contributed by atoms with van der Waals surface area (Å²) < 4.78 is 11.1. The zero-order valence-electron chi connectivity index (χ0n) is 13.8. The van der Waals surface area contributed by atoms with Gasteiger partial charge in [0.1, 0.15) is 5.75 Å². The maximum Gasteiger partial charge on any atom is 0.356 e. The smallest absolute Gasteiger partial charge is 0.356 e. The number of carbonyl (C=O) groups is 2. The molecule has 1 aliphatic heterocycles. The molecule has 4 nitrogen and oxygen atoms in total. The van der Waals surface area contributed by atoms with Crippen LogP contribution in [0.25, 0.3) is 0 Å². The average molecular weight is 302 g/mol. The molecule has 0 aromatic heterocycles. The Morgan fingerprint density at radius 3 is 2.32 bits per heavy atom. The Morgan fingerprint density at radius 2 is 1.82 bits per heavy atom. The second kappa shape index (κ2) is 4.34. The molecule has 1 aliphatic carbocycles. The van der Waals surface area contributed by atoms with Crippen LogP contribution in [0.4, 0.5) is 0 Å². The van der Waals surface area contributed by atoms with E-state index in [1.807, 2.05) is 46.8 Å². The zero-order chi connectivity index (χ0) is 16.3. The van der Waals surface area contributed by atoms with E-state index in [4.69, 9.17) is 9.47 Å². The molecule has 2 aliphatic rings. The number of hydrogen-bond acceptors (Lipinski definition) is 4. The van der Waals surface area contributed by atoms with Gasteiger partial charge < -0.3 is 9.47 Å². The van der Waals surface area contributed by atoms with Crippen molar-refractivity contribution in [1.29, 1.82) is 0 Å². The number of rotatable bonds is 2. The third-order valence-electron chi connectivity index (χ3n) is 6.10. The van der Waals surface area contributed by atoms with Crippen molar-refractivity contribution in [1.82, 2.24) is 0 Å². The topological polar surface area (TPSA) is 52.6 Å². The molecule has 1 aromatic rings. The number of benzene rings is 1. The second-order valence-corrected chi connectivity index (χ2v) is 7.31. The van der Waals surface area contributed by atoms with Gasteiger partial charge in [-0.1, -0.05) is 19.9 Å². The van der Waals surface area contributed by atoms with Gasteiger partial charge in [-0.3, -0.25) is 4.79 Å². The van der Waals surface area contributed by atoms with Crippen LogP contribution in [0, 0.1) is 24.7 Å². The molecule has 2 bridgehead atoms. The van der Waals surface area contributed by atoms with Gasteiger partial charge in [0, 0.05) is 5.41 Å². The van der Waals surface area contributed by atoms with Crippen LogP contribution < -0.4 is 4.74 Å². The molecule has 1 aromatic carbocycles. The minimum atomic E-state index is -1.17. The zero-order valence-corrected chi connectivity index (χ0v) is 13.8. The normalized spacial score (nSPS) is 32.0. The summed E-state index contributed by atoms with van der Waals surface area (Å²) in [5.41, 5.74) is -0.165. The molecule has 1 saturated carbocycles. The predicted octanol–water partition coefficient (Wildman–Crippen LogP) is 3.33. The fraction of sp³-hybridized carbons (Fsp3) is 0.556. The summed E-state index contributed by atoms with van der Waals surface area (Å²) in [7, 11) is 0. The summed E-state index contributed by atoms with van der Waals surface area (Å²) in [6, 6.07) is 5.52. The molecule has 4 heteroatoms. The first-order chi connectivity index (χ1) is 10.1. The van der Waals surface area contributed by atoms with E-state index in [1.165, 1.54) is 0 Å². The second-order valence-electron chi connectivity index (χ2n) is 7.31. The highest BCUT2D eigenvalue weighted by molar-refractivity contribution is 5.94. The maximum absolute atomic E-state index is 12.8. The number of hydrogen-bond donors (Lipinski definition) is 0.